The second-order valence-electron chi connectivity index (χ2n) is 8.58. The summed E-state index contributed by atoms with van der Waals surface area (Å²) in [5.74, 6) is 0.407. The van der Waals surface area contributed by atoms with Crippen molar-refractivity contribution in [2.24, 2.45) is 0 Å². The molecule has 1 saturated heterocycles. The van der Waals surface area contributed by atoms with Gasteiger partial charge in [0, 0.05) is 19.6 Å². The Morgan fingerprint density at radius 3 is 2.23 bits per heavy atom. The first kappa shape index (κ1) is 23.3. The van der Waals surface area contributed by atoms with Gasteiger partial charge in [0.1, 0.15) is 11.4 Å². The van der Waals surface area contributed by atoms with Crippen LogP contribution in [0.3, 0.4) is 0 Å². The first-order chi connectivity index (χ1) is 15.0. The highest BCUT2D eigenvalue weighted by Gasteiger charge is 2.42. The monoisotopic (exact) mass is 428 g/mol. The predicted octanol–water partition coefficient (Wildman–Crippen LogP) is 4.24. The van der Waals surface area contributed by atoms with Gasteiger partial charge >= 0.3 is 0 Å². The molecule has 31 heavy (non-hydrogen) atoms. The quantitative estimate of drug-likeness (QED) is 0.412. The van der Waals surface area contributed by atoms with E-state index in [1.54, 1.807) is 0 Å². The molecule has 2 amide bonds. The van der Waals surface area contributed by atoms with Gasteiger partial charge < -0.3 is 14.4 Å². The number of hydrogen-bond acceptors (Lipinski definition) is 5. The van der Waals surface area contributed by atoms with E-state index in [4.69, 9.17) is 9.47 Å². The fourth-order valence-electron chi connectivity index (χ4n) is 4.31. The summed E-state index contributed by atoms with van der Waals surface area (Å²) in [5, 5.41) is 0. The van der Waals surface area contributed by atoms with Crippen LogP contribution in [0.15, 0.2) is 30.0 Å². The van der Waals surface area contributed by atoms with E-state index in [1.807, 2.05) is 43.0 Å². The van der Waals surface area contributed by atoms with Crippen molar-refractivity contribution in [3.8, 4) is 5.75 Å². The van der Waals surface area contributed by atoms with Gasteiger partial charge in [-0.25, -0.2) is 0 Å². The van der Waals surface area contributed by atoms with Crippen LogP contribution >= 0.6 is 0 Å². The SMILES string of the molecule is CCCCCCN1C(=O)C(c2ccc(OCCC)cc2)=C(N2CC(C)OC(C)C2)C1=O. The minimum Gasteiger partial charge on any atom is -0.494 e. The number of rotatable bonds is 10. The number of hydrogen-bond donors (Lipinski definition) is 0. The van der Waals surface area contributed by atoms with Gasteiger partial charge in [-0.15, -0.1) is 0 Å². The number of ether oxygens (including phenoxy) is 2. The molecule has 0 aromatic heterocycles. The van der Waals surface area contributed by atoms with Crippen LogP contribution in [-0.2, 0) is 14.3 Å². The third-order valence-electron chi connectivity index (χ3n) is 5.73. The lowest BCUT2D eigenvalue weighted by atomic mass is 10.0. The normalized spacial score (nSPS) is 21.9. The van der Waals surface area contributed by atoms with Crippen molar-refractivity contribution >= 4 is 17.4 Å². The molecule has 2 atom stereocenters. The molecule has 1 aromatic carbocycles. The molecule has 2 aliphatic heterocycles. The summed E-state index contributed by atoms with van der Waals surface area (Å²) in [6, 6.07) is 7.53. The van der Waals surface area contributed by atoms with E-state index in [1.165, 1.54) is 4.90 Å². The lowest BCUT2D eigenvalue weighted by Crippen LogP contribution is -2.47. The predicted molar refractivity (Wildman–Crippen MR) is 122 cm³/mol. The van der Waals surface area contributed by atoms with Crippen LogP contribution in [-0.4, -0.2) is 60.1 Å². The van der Waals surface area contributed by atoms with Gasteiger partial charge in [-0.3, -0.25) is 14.5 Å². The molecule has 6 heteroatoms. The minimum absolute atomic E-state index is 0.00354. The molecule has 0 spiro atoms. The molecule has 2 unspecified atom stereocenters. The second kappa shape index (κ2) is 10.8. The molecule has 0 saturated carbocycles. The number of nitrogens with zero attached hydrogens (tertiary/aromatic N) is 2. The van der Waals surface area contributed by atoms with Crippen LogP contribution < -0.4 is 4.74 Å². The summed E-state index contributed by atoms with van der Waals surface area (Å²) < 4.78 is 11.5. The third kappa shape index (κ3) is 5.48. The van der Waals surface area contributed by atoms with Gasteiger partial charge in [0.2, 0.25) is 0 Å². The molecular formula is C25H36N2O4. The Morgan fingerprint density at radius 1 is 0.935 bits per heavy atom. The zero-order valence-electron chi connectivity index (χ0n) is 19.4. The molecule has 2 heterocycles. The van der Waals surface area contributed by atoms with Gasteiger partial charge in [0.15, 0.2) is 0 Å². The van der Waals surface area contributed by atoms with Crippen molar-refractivity contribution < 1.29 is 19.1 Å². The van der Waals surface area contributed by atoms with Crippen molar-refractivity contribution in [2.75, 3.05) is 26.2 Å². The average Bonchev–Trinajstić information content (AvgIpc) is 2.99. The van der Waals surface area contributed by atoms with Crippen molar-refractivity contribution in [1.82, 2.24) is 9.80 Å². The molecule has 2 aliphatic rings. The molecule has 0 radical (unpaired) electrons. The van der Waals surface area contributed by atoms with Gasteiger partial charge in [-0.05, 0) is 44.4 Å². The molecule has 0 aliphatic carbocycles. The maximum atomic E-state index is 13.4. The smallest absolute Gasteiger partial charge is 0.277 e. The fraction of sp³-hybridized carbons (Fsp3) is 0.600. The number of imide groups is 1. The van der Waals surface area contributed by atoms with E-state index < -0.39 is 0 Å². The number of morpholine rings is 1. The maximum Gasteiger partial charge on any atom is 0.277 e. The summed E-state index contributed by atoms with van der Waals surface area (Å²) in [5.41, 5.74) is 1.79. The van der Waals surface area contributed by atoms with Crippen LogP contribution in [0.25, 0.3) is 5.57 Å². The summed E-state index contributed by atoms with van der Waals surface area (Å²) in [6.45, 7) is 10.6. The Morgan fingerprint density at radius 2 is 1.61 bits per heavy atom. The number of benzene rings is 1. The molecule has 0 bridgehead atoms. The molecule has 3 rings (SSSR count). The molecule has 170 valence electrons. The molecule has 1 aromatic rings. The standard InChI is InChI=1S/C25H36N2O4/c1-5-7-8-9-14-27-24(28)22(20-10-12-21(13-11-20)30-15-6-2)23(25(27)29)26-16-18(3)31-19(4)17-26/h10-13,18-19H,5-9,14-17H2,1-4H3. The van der Waals surface area contributed by atoms with Gasteiger partial charge in [-0.1, -0.05) is 45.2 Å². The summed E-state index contributed by atoms with van der Waals surface area (Å²) in [7, 11) is 0. The number of amides is 2. The second-order valence-corrected chi connectivity index (χ2v) is 8.58. The van der Waals surface area contributed by atoms with E-state index in [9.17, 15) is 9.59 Å². The zero-order valence-corrected chi connectivity index (χ0v) is 19.4. The van der Waals surface area contributed by atoms with Crippen molar-refractivity contribution in [2.45, 2.75) is 72.0 Å². The number of carbonyl (C=O) groups excluding carboxylic acids is 2. The molecule has 1 fully saturated rings. The van der Waals surface area contributed by atoms with Crippen molar-refractivity contribution in [1.29, 1.82) is 0 Å². The van der Waals surface area contributed by atoms with Crippen LogP contribution in [0, 0.1) is 0 Å². The number of carbonyl (C=O) groups is 2. The highest BCUT2D eigenvalue weighted by atomic mass is 16.5. The largest absolute Gasteiger partial charge is 0.494 e. The molecular weight excluding hydrogens is 392 g/mol. The third-order valence-corrected chi connectivity index (χ3v) is 5.73. The Labute approximate surface area is 186 Å². The van der Waals surface area contributed by atoms with E-state index in [0.717, 1.165) is 43.4 Å². The van der Waals surface area contributed by atoms with Gasteiger partial charge in [0.25, 0.3) is 11.8 Å². The van der Waals surface area contributed by atoms with Gasteiger partial charge in [-0.2, -0.15) is 0 Å². The van der Waals surface area contributed by atoms with Crippen LogP contribution in [0.4, 0.5) is 0 Å². The first-order valence-electron chi connectivity index (χ1n) is 11.7. The Bertz CT molecular complexity index is 792. The van der Waals surface area contributed by atoms with Crippen LogP contribution in [0.2, 0.25) is 0 Å². The maximum absolute atomic E-state index is 13.4. The first-order valence-corrected chi connectivity index (χ1v) is 11.7. The Kier molecular flexibility index (Phi) is 8.13. The molecule has 0 N–H and O–H groups in total. The van der Waals surface area contributed by atoms with E-state index in [2.05, 4.69) is 13.8 Å². The molecule has 6 nitrogen and oxygen atoms in total. The van der Waals surface area contributed by atoms with Crippen LogP contribution in [0.1, 0.15) is 65.4 Å². The zero-order chi connectivity index (χ0) is 22.4. The van der Waals surface area contributed by atoms with E-state index >= 15 is 0 Å². The highest BCUT2D eigenvalue weighted by Crippen LogP contribution is 2.34. The Balaban J connectivity index is 1.91. The van der Waals surface area contributed by atoms with Crippen molar-refractivity contribution in [3.63, 3.8) is 0 Å². The topological polar surface area (TPSA) is 59.1 Å². The number of unbranched alkanes of at least 4 members (excludes halogenated alkanes) is 3. The summed E-state index contributed by atoms with van der Waals surface area (Å²) in [4.78, 5) is 30.3. The highest BCUT2D eigenvalue weighted by molar-refractivity contribution is 6.35. The minimum atomic E-state index is -0.189. The Hall–Kier alpha value is -2.34. The lowest BCUT2D eigenvalue weighted by Gasteiger charge is -2.37. The lowest BCUT2D eigenvalue weighted by molar-refractivity contribution is -0.138. The van der Waals surface area contributed by atoms with Crippen LogP contribution in [0.5, 0.6) is 5.75 Å². The average molecular weight is 429 g/mol. The van der Waals surface area contributed by atoms with Gasteiger partial charge in [0.05, 0.1) is 24.4 Å². The summed E-state index contributed by atoms with van der Waals surface area (Å²) >= 11 is 0. The van der Waals surface area contributed by atoms with Crippen molar-refractivity contribution in [3.05, 3.63) is 35.5 Å². The summed E-state index contributed by atoms with van der Waals surface area (Å²) in [6.07, 6.45) is 5.03. The van der Waals surface area contributed by atoms with E-state index in [-0.39, 0.29) is 24.0 Å². The fourth-order valence-corrected chi connectivity index (χ4v) is 4.31. The van der Waals surface area contributed by atoms with E-state index in [0.29, 0.717) is 37.5 Å².